The summed E-state index contributed by atoms with van der Waals surface area (Å²) in [5, 5.41) is 20.1. The standard InChI is InChI=1S/C15H16ClN7/c16-13-9-11(5-6-14(13)22-8-2-7-18-22)17-10-15-19-20-21-23(15)12-3-1-4-12/h2,5-9,12,17H,1,3-4,10H2. The van der Waals surface area contributed by atoms with Crippen molar-refractivity contribution >= 4 is 17.3 Å². The van der Waals surface area contributed by atoms with Crippen molar-refractivity contribution in [1.82, 2.24) is 30.0 Å². The molecule has 4 rings (SSSR count). The van der Waals surface area contributed by atoms with E-state index in [0.29, 0.717) is 17.6 Å². The first kappa shape index (κ1) is 14.2. The fourth-order valence-electron chi connectivity index (χ4n) is 2.64. The number of tetrazole rings is 1. The predicted molar refractivity (Wildman–Crippen MR) is 86.6 cm³/mol. The van der Waals surface area contributed by atoms with Crippen LogP contribution in [0.25, 0.3) is 5.69 Å². The van der Waals surface area contributed by atoms with E-state index in [2.05, 4.69) is 25.9 Å². The van der Waals surface area contributed by atoms with E-state index < -0.39 is 0 Å². The van der Waals surface area contributed by atoms with Crippen molar-refractivity contribution in [3.05, 3.63) is 47.5 Å². The molecule has 0 saturated heterocycles. The van der Waals surface area contributed by atoms with Gasteiger partial charge in [-0.15, -0.1) is 5.10 Å². The van der Waals surface area contributed by atoms with Crippen molar-refractivity contribution in [2.24, 2.45) is 0 Å². The third kappa shape index (κ3) is 2.79. The summed E-state index contributed by atoms with van der Waals surface area (Å²) < 4.78 is 3.67. The number of hydrogen-bond donors (Lipinski definition) is 1. The number of hydrogen-bond acceptors (Lipinski definition) is 5. The maximum atomic E-state index is 6.35. The van der Waals surface area contributed by atoms with E-state index in [0.717, 1.165) is 30.0 Å². The van der Waals surface area contributed by atoms with Crippen molar-refractivity contribution in [2.75, 3.05) is 5.32 Å². The minimum atomic E-state index is 0.451. The van der Waals surface area contributed by atoms with Gasteiger partial charge in [0.25, 0.3) is 0 Å². The van der Waals surface area contributed by atoms with Crippen molar-refractivity contribution in [3.8, 4) is 5.69 Å². The molecule has 0 amide bonds. The lowest BCUT2D eigenvalue weighted by Crippen LogP contribution is -2.21. The molecule has 2 heterocycles. The molecule has 0 radical (unpaired) electrons. The predicted octanol–water partition coefficient (Wildman–Crippen LogP) is 2.85. The molecule has 2 aromatic heterocycles. The van der Waals surface area contributed by atoms with Crippen LogP contribution in [-0.2, 0) is 6.54 Å². The van der Waals surface area contributed by atoms with E-state index in [1.807, 2.05) is 35.1 Å². The Morgan fingerprint density at radius 2 is 2.22 bits per heavy atom. The Hall–Kier alpha value is -2.41. The lowest BCUT2D eigenvalue weighted by molar-refractivity contribution is 0.278. The summed E-state index contributed by atoms with van der Waals surface area (Å²) in [4.78, 5) is 0. The Morgan fingerprint density at radius 1 is 1.30 bits per heavy atom. The van der Waals surface area contributed by atoms with Crippen LogP contribution in [0.4, 0.5) is 5.69 Å². The quantitative estimate of drug-likeness (QED) is 0.779. The highest BCUT2D eigenvalue weighted by Crippen LogP contribution is 2.31. The third-order valence-corrected chi connectivity index (χ3v) is 4.43. The second-order valence-electron chi connectivity index (χ2n) is 5.59. The molecular weight excluding hydrogens is 314 g/mol. The fraction of sp³-hybridized carbons (Fsp3) is 0.333. The van der Waals surface area contributed by atoms with E-state index in [1.165, 1.54) is 6.42 Å². The summed E-state index contributed by atoms with van der Waals surface area (Å²) in [7, 11) is 0. The minimum Gasteiger partial charge on any atom is -0.378 e. The molecule has 0 bridgehead atoms. The maximum Gasteiger partial charge on any atom is 0.170 e. The first-order chi connectivity index (χ1) is 11.3. The Labute approximate surface area is 138 Å². The zero-order valence-electron chi connectivity index (χ0n) is 12.4. The van der Waals surface area contributed by atoms with E-state index in [-0.39, 0.29) is 0 Å². The van der Waals surface area contributed by atoms with Gasteiger partial charge in [0.05, 0.1) is 23.3 Å². The zero-order valence-corrected chi connectivity index (χ0v) is 13.2. The van der Waals surface area contributed by atoms with Crippen LogP contribution in [-0.4, -0.2) is 30.0 Å². The second kappa shape index (κ2) is 6.00. The molecule has 1 aliphatic carbocycles. The molecule has 1 N–H and O–H groups in total. The zero-order chi connectivity index (χ0) is 15.6. The number of benzene rings is 1. The van der Waals surface area contributed by atoms with Crippen LogP contribution < -0.4 is 5.32 Å². The smallest absolute Gasteiger partial charge is 0.170 e. The van der Waals surface area contributed by atoms with Gasteiger partial charge >= 0.3 is 0 Å². The fourth-order valence-corrected chi connectivity index (χ4v) is 2.91. The summed E-state index contributed by atoms with van der Waals surface area (Å²) in [5.74, 6) is 0.849. The molecule has 1 aliphatic rings. The molecule has 1 saturated carbocycles. The molecule has 0 spiro atoms. The molecule has 3 aromatic rings. The molecule has 1 fully saturated rings. The molecule has 8 heteroatoms. The van der Waals surface area contributed by atoms with Crippen LogP contribution in [0.2, 0.25) is 5.02 Å². The molecule has 0 unspecified atom stereocenters. The van der Waals surface area contributed by atoms with Crippen LogP contribution in [0.3, 0.4) is 0 Å². The van der Waals surface area contributed by atoms with Gasteiger partial charge in [0, 0.05) is 18.1 Å². The SMILES string of the molecule is Clc1cc(NCc2nnnn2C2CCC2)ccc1-n1cccn1. The monoisotopic (exact) mass is 329 g/mol. The molecule has 0 atom stereocenters. The summed E-state index contributed by atoms with van der Waals surface area (Å²) >= 11 is 6.35. The molecule has 118 valence electrons. The van der Waals surface area contributed by atoms with Gasteiger partial charge in [-0.25, -0.2) is 9.36 Å². The highest BCUT2D eigenvalue weighted by Gasteiger charge is 2.23. The number of halogens is 1. The Bertz CT molecular complexity index is 792. The maximum absolute atomic E-state index is 6.35. The van der Waals surface area contributed by atoms with Crippen molar-refractivity contribution in [1.29, 1.82) is 0 Å². The van der Waals surface area contributed by atoms with Crippen LogP contribution in [0.15, 0.2) is 36.7 Å². The van der Waals surface area contributed by atoms with Gasteiger partial charge in [0.15, 0.2) is 5.82 Å². The number of nitrogens with one attached hydrogen (secondary N) is 1. The topological polar surface area (TPSA) is 73.5 Å². The van der Waals surface area contributed by atoms with Crippen molar-refractivity contribution in [3.63, 3.8) is 0 Å². The molecule has 7 nitrogen and oxygen atoms in total. The summed E-state index contributed by atoms with van der Waals surface area (Å²) in [6.07, 6.45) is 7.15. The summed E-state index contributed by atoms with van der Waals surface area (Å²) in [6.45, 7) is 0.570. The normalized spacial score (nSPS) is 14.7. The van der Waals surface area contributed by atoms with Gasteiger partial charge in [-0.05, 0) is 54.0 Å². The first-order valence-corrected chi connectivity index (χ1v) is 7.99. The van der Waals surface area contributed by atoms with Crippen LogP contribution >= 0.6 is 11.6 Å². The average Bonchev–Trinajstić information content (AvgIpc) is 3.15. The van der Waals surface area contributed by atoms with Gasteiger partial charge in [0.1, 0.15) is 0 Å². The number of nitrogens with zero attached hydrogens (tertiary/aromatic N) is 6. The highest BCUT2D eigenvalue weighted by atomic mass is 35.5. The molecular formula is C15H16ClN7. The number of aromatic nitrogens is 6. The van der Waals surface area contributed by atoms with E-state index in [4.69, 9.17) is 11.6 Å². The van der Waals surface area contributed by atoms with Crippen LogP contribution in [0.1, 0.15) is 31.1 Å². The van der Waals surface area contributed by atoms with E-state index >= 15 is 0 Å². The summed E-state index contributed by atoms with van der Waals surface area (Å²) in [5.41, 5.74) is 1.77. The van der Waals surface area contributed by atoms with Crippen molar-refractivity contribution < 1.29 is 0 Å². The molecule has 1 aromatic carbocycles. The molecule has 23 heavy (non-hydrogen) atoms. The van der Waals surface area contributed by atoms with E-state index in [9.17, 15) is 0 Å². The first-order valence-electron chi connectivity index (χ1n) is 7.61. The Kier molecular flexibility index (Phi) is 3.70. The highest BCUT2D eigenvalue weighted by molar-refractivity contribution is 6.32. The lowest BCUT2D eigenvalue weighted by Gasteiger charge is -2.25. The molecule has 0 aliphatic heterocycles. The largest absolute Gasteiger partial charge is 0.378 e. The Balaban J connectivity index is 1.47. The number of rotatable bonds is 5. The van der Waals surface area contributed by atoms with Gasteiger partial charge in [0.2, 0.25) is 0 Å². The van der Waals surface area contributed by atoms with E-state index in [1.54, 1.807) is 10.9 Å². The lowest BCUT2D eigenvalue weighted by atomic mass is 9.93. The van der Waals surface area contributed by atoms with Crippen LogP contribution in [0, 0.1) is 0 Å². The number of anilines is 1. The van der Waals surface area contributed by atoms with Gasteiger partial charge < -0.3 is 5.32 Å². The van der Waals surface area contributed by atoms with Crippen molar-refractivity contribution in [2.45, 2.75) is 31.8 Å². The van der Waals surface area contributed by atoms with Gasteiger partial charge in [-0.2, -0.15) is 5.10 Å². The third-order valence-electron chi connectivity index (χ3n) is 4.13. The minimum absolute atomic E-state index is 0.451. The Morgan fingerprint density at radius 3 is 2.91 bits per heavy atom. The van der Waals surface area contributed by atoms with Crippen LogP contribution in [0.5, 0.6) is 0 Å². The van der Waals surface area contributed by atoms with Gasteiger partial charge in [-0.1, -0.05) is 11.6 Å². The van der Waals surface area contributed by atoms with Gasteiger partial charge in [-0.3, -0.25) is 0 Å². The summed E-state index contributed by atoms with van der Waals surface area (Å²) in [6, 6.07) is 8.11. The average molecular weight is 330 g/mol. The second-order valence-corrected chi connectivity index (χ2v) is 6.00.